The minimum absolute atomic E-state index is 0.0272. The average Bonchev–Trinajstić information content (AvgIpc) is 2.58. The second-order valence-corrected chi connectivity index (χ2v) is 6.98. The number of anilines is 3. The fraction of sp³-hybridized carbons (Fsp3) is 0.412. The first-order valence-electron chi connectivity index (χ1n) is 8.27. The first-order chi connectivity index (χ1) is 12.3. The smallest absolute Gasteiger partial charge is 0.351 e. The van der Waals surface area contributed by atoms with E-state index in [2.05, 4.69) is 20.6 Å². The summed E-state index contributed by atoms with van der Waals surface area (Å²) < 4.78 is 39.7. The maximum atomic E-state index is 13.2. The topological polar surface area (TPSA) is 49.8 Å². The van der Waals surface area contributed by atoms with E-state index in [0.29, 0.717) is 5.69 Å². The van der Waals surface area contributed by atoms with Gasteiger partial charge in [0, 0.05) is 12.1 Å². The van der Waals surface area contributed by atoms with Gasteiger partial charge in [0.15, 0.2) is 5.69 Å². The zero-order valence-corrected chi connectivity index (χ0v) is 15.2. The van der Waals surface area contributed by atoms with E-state index in [-0.39, 0.29) is 27.9 Å². The first-order valence-corrected chi connectivity index (χ1v) is 9.02. The zero-order chi connectivity index (χ0) is 18.7. The van der Waals surface area contributed by atoms with Crippen LogP contribution in [0.4, 0.5) is 30.6 Å². The Morgan fingerprint density at radius 2 is 1.65 bits per heavy atom. The Morgan fingerprint density at radius 3 is 2.27 bits per heavy atom. The summed E-state index contributed by atoms with van der Waals surface area (Å²) in [5.74, 6) is -0.0852. The predicted molar refractivity (Wildman–Crippen MR) is 97.3 cm³/mol. The minimum atomic E-state index is -4.59. The normalized spacial score (nSPS) is 15.7. The Balaban J connectivity index is 1.92. The number of halogens is 5. The van der Waals surface area contributed by atoms with Crippen LogP contribution in [0.25, 0.3) is 0 Å². The fourth-order valence-electron chi connectivity index (χ4n) is 2.90. The van der Waals surface area contributed by atoms with Crippen LogP contribution in [0.5, 0.6) is 0 Å². The molecule has 1 aromatic heterocycles. The third kappa shape index (κ3) is 4.71. The molecular weight excluding hydrogens is 388 g/mol. The van der Waals surface area contributed by atoms with E-state index in [1.807, 2.05) is 0 Å². The number of hydrogen-bond acceptors (Lipinski definition) is 4. The molecule has 0 aliphatic heterocycles. The van der Waals surface area contributed by atoms with Gasteiger partial charge in [-0.3, -0.25) is 0 Å². The third-order valence-electron chi connectivity index (χ3n) is 4.17. The van der Waals surface area contributed by atoms with Crippen LogP contribution in [0.2, 0.25) is 10.0 Å². The van der Waals surface area contributed by atoms with Gasteiger partial charge in [-0.05, 0) is 25.0 Å². The fourth-order valence-corrected chi connectivity index (χ4v) is 3.39. The number of rotatable bonds is 4. The van der Waals surface area contributed by atoms with Crippen LogP contribution >= 0.6 is 23.2 Å². The van der Waals surface area contributed by atoms with Gasteiger partial charge in [0.2, 0.25) is 5.95 Å². The van der Waals surface area contributed by atoms with Gasteiger partial charge in [0.1, 0.15) is 5.82 Å². The SMILES string of the molecule is FC(F)(F)c1cc(Nc2c(Cl)cccc2Cl)nc(NC2CCCCC2)n1. The van der Waals surface area contributed by atoms with Crippen LogP contribution in [0.3, 0.4) is 0 Å². The number of nitrogens with zero attached hydrogens (tertiary/aromatic N) is 2. The van der Waals surface area contributed by atoms with Crippen molar-refractivity contribution in [1.29, 1.82) is 0 Å². The summed E-state index contributed by atoms with van der Waals surface area (Å²) >= 11 is 12.2. The third-order valence-corrected chi connectivity index (χ3v) is 4.80. The van der Waals surface area contributed by atoms with Crippen LogP contribution in [0.15, 0.2) is 24.3 Å². The molecule has 1 heterocycles. The first kappa shape index (κ1) is 19.0. The molecule has 0 radical (unpaired) electrons. The molecule has 1 saturated carbocycles. The van der Waals surface area contributed by atoms with Gasteiger partial charge >= 0.3 is 6.18 Å². The number of para-hydroxylation sites is 1. The molecule has 0 unspecified atom stereocenters. The van der Waals surface area contributed by atoms with Gasteiger partial charge in [-0.1, -0.05) is 48.5 Å². The number of benzene rings is 1. The second kappa shape index (κ2) is 7.88. The monoisotopic (exact) mass is 404 g/mol. The van der Waals surface area contributed by atoms with Gasteiger partial charge < -0.3 is 10.6 Å². The maximum Gasteiger partial charge on any atom is 0.433 e. The molecule has 0 atom stereocenters. The Morgan fingerprint density at radius 1 is 1.00 bits per heavy atom. The summed E-state index contributed by atoms with van der Waals surface area (Å²) in [6.07, 6.45) is 0.400. The van der Waals surface area contributed by atoms with Gasteiger partial charge in [-0.15, -0.1) is 0 Å². The molecule has 0 amide bonds. The molecule has 3 rings (SSSR count). The van der Waals surface area contributed by atoms with Crippen LogP contribution in [0.1, 0.15) is 37.8 Å². The molecule has 0 bridgehead atoms. The summed E-state index contributed by atoms with van der Waals surface area (Å²) in [5.41, 5.74) is -0.734. The van der Waals surface area contributed by atoms with Gasteiger partial charge in [-0.2, -0.15) is 18.2 Å². The summed E-state index contributed by atoms with van der Waals surface area (Å²) in [7, 11) is 0. The van der Waals surface area contributed by atoms with Crippen LogP contribution in [0, 0.1) is 0 Å². The molecule has 1 aromatic carbocycles. The van der Waals surface area contributed by atoms with E-state index < -0.39 is 11.9 Å². The maximum absolute atomic E-state index is 13.2. The summed E-state index contributed by atoms with van der Waals surface area (Å²) in [6.45, 7) is 0. The highest BCUT2D eigenvalue weighted by Crippen LogP contribution is 2.35. The molecule has 1 fully saturated rings. The molecule has 1 aliphatic rings. The zero-order valence-electron chi connectivity index (χ0n) is 13.7. The number of nitrogens with one attached hydrogen (secondary N) is 2. The van der Waals surface area contributed by atoms with E-state index in [0.717, 1.165) is 38.2 Å². The van der Waals surface area contributed by atoms with Crippen molar-refractivity contribution in [2.24, 2.45) is 0 Å². The van der Waals surface area contributed by atoms with Crippen molar-refractivity contribution in [1.82, 2.24) is 9.97 Å². The minimum Gasteiger partial charge on any atom is -0.351 e. The van der Waals surface area contributed by atoms with E-state index in [1.165, 1.54) is 0 Å². The Labute approximate surface area is 159 Å². The molecule has 2 aromatic rings. The molecule has 4 nitrogen and oxygen atoms in total. The number of alkyl halides is 3. The lowest BCUT2D eigenvalue weighted by Gasteiger charge is -2.23. The van der Waals surface area contributed by atoms with Crippen molar-refractivity contribution < 1.29 is 13.2 Å². The standard InChI is InChI=1S/C17H17Cl2F3N4/c18-11-7-4-8-12(19)15(11)25-14-9-13(17(20,21)22)24-16(26-14)23-10-5-2-1-3-6-10/h4,7-10H,1-3,5-6H2,(H2,23,24,25,26). The van der Waals surface area contributed by atoms with Gasteiger partial charge in [-0.25, -0.2) is 4.98 Å². The van der Waals surface area contributed by atoms with Crippen molar-refractivity contribution in [3.05, 3.63) is 40.0 Å². The van der Waals surface area contributed by atoms with E-state index >= 15 is 0 Å². The summed E-state index contributed by atoms with van der Waals surface area (Å²) in [5, 5.41) is 6.36. The van der Waals surface area contributed by atoms with Crippen molar-refractivity contribution in [2.45, 2.75) is 44.3 Å². The lowest BCUT2D eigenvalue weighted by molar-refractivity contribution is -0.141. The highest BCUT2D eigenvalue weighted by molar-refractivity contribution is 6.39. The molecule has 1 aliphatic carbocycles. The lowest BCUT2D eigenvalue weighted by atomic mass is 9.96. The largest absolute Gasteiger partial charge is 0.433 e. The van der Waals surface area contributed by atoms with Crippen molar-refractivity contribution in [3.63, 3.8) is 0 Å². The highest BCUT2D eigenvalue weighted by Gasteiger charge is 2.34. The van der Waals surface area contributed by atoms with E-state index in [1.54, 1.807) is 18.2 Å². The molecule has 140 valence electrons. The van der Waals surface area contributed by atoms with Gasteiger partial charge in [0.25, 0.3) is 0 Å². The van der Waals surface area contributed by atoms with Crippen molar-refractivity contribution in [3.8, 4) is 0 Å². The molecule has 9 heteroatoms. The molecule has 0 saturated heterocycles. The van der Waals surface area contributed by atoms with Crippen molar-refractivity contribution >= 4 is 40.7 Å². The van der Waals surface area contributed by atoms with E-state index in [4.69, 9.17) is 23.2 Å². The molecule has 0 spiro atoms. The lowest BCUT2D eigenvalue weighted by Crippen LogP contribution is -2.24. The van der Waals surface area contributed by atoms with Crippen LogP contribution in [-0.4, -0.2) is 16.0 Å². The molecule has 2 N–H and O–H groups in total. The Kier molecular flexibility index (Phi) is 5.77. The summed E-state index contributed by atoms with van der Waals surface area (Å²) in [4.78, 5) is 7.80. The Hall–Kier alpha value is -1.73. The average molecular weight is 405 g/mol. The van der Waals surface area contributed by atoms with Gasteiger partial charge in [0.05, 0.1) is 15.7 Å². The summed E-state index contributed by atoms with van der Waals surface area (Å²) in [6, 6.07) is 5.73. The Bertz CT molecular complexity index is 757. The number of aromatic nitrogens is 2. The number of hydrogen-bond donors (Lipinski definition) is 2. The van der Waals surface area contributed by atoms with Crippen molar-refractivity contribution in [2.75, 3.05) is 10.6 Å². The quantitative estimate of drug-likeness (QED) is 0.628. The molecular formula is C17H17Cl2F3N4. The van der Waals surface area contributed by atoms with Crippen LogP contribution < -0.4 is 10.6 Å². The second-order valence-electron chi connectivity index (χ2n) is 6.16. The van der Waals surface area contributed by atoms with Crippen LogP contribution in [-0.2, 0) is 6.18 Å². The predicted octanol–water partition coefficient (Wildman–Crippen LogP) is 6.29. The highest BCUT2D eigenvalue weighted by atomic mass is 35.5. The van der Waals surface area contributed by atoms with E-state index in [9.17, 15) is 13.2 Å². The molecule has 26 heavy (non-hydrogen) atoms.